The molecule has 2 heteroatoms. The van der Waals surface area contributed by atoms with E-state index in [2.05, 4.69) is 19.9 Å². The first-order chi connectivity index (χ1) is 6.15. The van der Waals surface area contributed by atoms with Crippen molar-refractivity contribution >= 4 is 0 Å². The van der Waals surface area contributed by atoms with Crippen LogP contribution in [-0.4, -0.2) is 10.9 Å². The largest absolute Gasteiger partial charge is 0.251 e. The van der Waals surface area contributed by atoms with Gasteiger partial charge in [0.1, 0.15) is 5.60 Å². The molecule has 0 amide bonds. The first kappa shape index (κ1) is 9.22. The summed E-state index contributed by atoms with van der Waals surface area (Å²) in [6.45, 7) is 4.31. The van der Waals surface area contributed by atoms with E-state index in [1.54, 1.807) is 0 Å². The van der Waals surface area contributed by atoms with Gasteiger partial charge in [0, 0.05) is 5.41 Å². The van der Waals surface area contributed by atoms with Crippen molar-refractivity contribution in [2.75, 3.05) is 0 Å². The Morgan fingerprint density at radius 2 is 2.08 bits per heavy atom. The molecule has 2 rings (SSSR count). The highest BCUT2D eigenvalue weighted by molar-refractivity contribution is 5.47. The van der Waals surface area contributed by atoms with Gasteiger partial charge in [0.05, 0.1) is 0 Å². The van der Waals surface area contributed by atoms with Gasteiger partial charge >= 0.3 is 0 Å². The van der Waals surface area contributed by atoms with Gasteiger partial charge in [-0.25, -0.2) is 4.89 Å². The fourth-order valence-corrected chi connectivity index (χ4v) is 2.75. The first-order valence-corrected chi connectivity index (χ1v) is 5.19. The molecule has 0 aromatic rings. The molecule has 2 nitrogen and oxygen atoms in total. The van der Waals surface area contributed by atoms with E-state index in [4.69, 9.17) is 10.1 Å². The van der Waals surface area contributed by atoms with Crippen molar-refractivity contribution in [3.63, 3.8) is 0 Å². The van der Waals surface area contributed by atoms with E-state index in [1.807, 2.05) is 0 Å². The zero-order chi connectivity index (χ0) is 9.53. The maximum Gasteiger partial charge on any atom is 0.134 e. The lowest BCUT2D eigenvalue weighted by Crippen LogP contribution is -2.19. The summed E-state index contributed by atoms with van der Waals surface area (Å²) in [5, 5.41) is 9.00. The fourth-order valence-electron chi connectivity index (χ4n) is 2.75. The number of rotatable bonds is 1. The number of fused-ring (bicyclic) bond motifs is 1. The second-order valence-corrected chi connectivity index (χ2v) is 4.76. The maximum atomic E-state index is 9.00. The highest BCUT2D eigenvalue weighted by atomic mass is 17.1. The standard InChI is InChI=1S/C11H18O2/c1-10(2)9-7-5-3-4-6-8-11(9,10)13-12/h7,12H,3-6,8H2,1-2H3/b9-7-. The van der Waals surface area contributed by atoms with Crippen LogP contribution in [0.5, 0.6) is 0 Å². The summed E-state index contributed by atoms with van der Waals surface area (Å²) in [5.74, 6) is 0. The molecular weight excluding hydrogens is 164 g/mol. The first-order valence-electron chi connectivity index (χ1n) is 5.19. The predicted molar refractivity (Wildman–Crippen MR) is 51.4 cm³/mol. The molecule has 0 saturated heterocycles. The zero-order valence-electron chi connectivity index (χ0n) is 8.47. The molecule has 0 heterocycles. The van der Waals surface area contributed by atoms with Gasteiger partial charge in [-0.2, -0.15) is 0 Å². The van der Waals surface area contributed by atoms with Gasteiger partial charge in [-0.3, -0.25) is 5.26 Å². The van der Waals surface area contributed by atoms with Gasteiger partial charge in [-0.1, -0.05) is 32.8 Å². The Morgan fingerprint density at radius 1 is 1.31 bits per heavy atom. The van der Waals surface area contributed by atoms with Gasteiger partial charge in [-0.05, 0) is 24.8 Å². The van der Waals surface area contributed by atoms with Crippen LogP contribution < -0.4 is 0 Å². The smallest absolute Gasteiger partial charge is 0.134 e. The van der Waals surface area contributed by atoms with Crippen LogP contribution in [0.25, 0.3) is 0 Å². The van der Waals surface area contributed by atoms with Crippen LogP contribution in [0.2, 0.25) is 0 Å². The van der Waals surface area contributed by atoms with E-state index in [-0.39, 0.29) is 11.0 Å². The second kappa shape index (κ2) is 2.82. The summed E-state index contributed by atoms with van der Waals surface area (Å²) in [4.78, 5) is 4.74. The molecule has 2 aliphatic carbocycles. The van der Waals surface area contributed by atoms with Gasteiger partial charge in [0.15, 0.2) is 0 Å². The van der Waals surface area contributed by atoms with Crippen LogP contribution in [0.1, 0.15) is 46.0 Å². The molecule has 1 atom stereocenters. The van der Waals surface area contributed by atoms with Crippen molar-refractivity contribution in [2.24, 2.45) is 5.41 Å². The lowest BCUT2D eigenvalue weighted by atomic mass is 10.0. The summed E-state index contributed by atoms with van der Waals surface area (Å²) in [5.41, 5.74) is 1.04. The van der Waals surface area contributed by atoms with Crippen LogP contribution >= 0.6 is 0 Å². The van der Waals surface area contributed by atoms with Crippen LogP contribution in [0, 0.1) is 5.41 Å². The molecule has 2 aliphatic rings. The summed E-state index contributed by atoms with van der Waals surface area (Å²) >= 11 is 0. The Kier molecular flexibility index (Phi) is 2.00. The fraction of sp³-hybridized carbons (Fsp3) is 0.818. The Bertz CT molecular complexity index is 242. The monoisotopic (exact) mass is 182 g/mol. The summed E-state index contributed by atoms with van der Waals surface area (Å²) in [6.07, 6.45) is 8.08. The minimum absolute atomic E-state index is 0.0616. The third-order valence-corrected chi connectivity index (χ3v) is 3.79. The van der Waals surface area contributed by atoms with Gasteiger partial charge in [0.25, 0.3) is 0 Å². The average molecular weight is 182 g/mol. The van der Waals surface area contributed by atoms with Crippen molar-refractivity contribution in [1.82, 2.24) is 0 Å². The second-order valence-electron chi connectivity index (χ2n) is 4.76. The van der Waals surface area contributed by atoms with E-state index >= 15 is 0 Å². The molecule has 1 unspecified atom stereocenters. The van der Waals surface area contributed by atoms with Crippen LogP contribution in [0.15, 0.2) is 11.6 Å². The molecule has 0 spiro atoms. The van der Waals surface area contributed by atoms with Gasteiger partial charge in [-0.15, -0.1) is 0 Å². The van der Waals surface area contributed by atoms with Crippen LogP contribution in [-0.2, 0) is 4.89 Å². The third kappa shape index (κ3) is 1.09. The molecule has 1 fully saturated rings. The van der Waals surface area contributed by atoms with Gasteiger partial charge in [0.2, 0.25) is 0 Å². The molecule has 0 radical (unpaired) electrons. The minimum atomic E-state index is -0.326. The molecule has 0 bridgehead atoms. The zero-order valence-corrected chi connectivity index (χ0v) is 8.47. The van der Waals surface area contributed by atoms with E-state index in [1.165, 1.54) is 24.8 Å². The molecule has 13 heavy (non-hydrogen) atoms. The molecule has 0 aromatic carbocycles. The van der Waals surface area contributed by atoms with Crippen molar-refractivity contribution < 1.29 is 10.1 Å². The third-order valence-electron chi connectivity index (χ3n) is 3.79. The number of allylic oxidation sites excluding steroid dienone is 1. The van der Waals surface area contributed by atoms with Crippen LogP contribution in [0.3, 0.4) is 0 Å². The molecule has 1 N–H and O–H groups in total. The minimum Gasteiger partial charge on any atom is -0.251 e. The van der Waals surface area contributed by atoms with Crippen molar-refractivity contribution in [1.29, 1.82) is 0 Å². The summed E-state index contributed by atoms with van der Waals surface area (Å²) in [7, 11) is 0. The normalized spacial score (nSPS) is 41.0. The quantitative estimate of drug-likeness (QED) is 0.383. The highest BCUT2D eigenvalue weighted by Crippen LogP contribution is 2.66. The highest BCUT2D eigenvalue weighted by Gasteiger charge is 2.68. The molecule has 0 aliphatic heterocycles. The Hall–Kier alpha value is -0.340. The maximum absolute atomic E-state index is 9.00. The molecule has 74 valence electrons. The topological polar surface area (TPSA) is 29.5 Å². The lowest BCUT2D eigenvalue weighted by Gasteiger charge is -2.15. The van der Waals surface area contributed by atoms with E-state index in [0.29, 0.717) is 0 Å². The number of hydrogen-bond acceptors (Lipinski definition) is 2. The number of hydrogen-bond donors (Lipinski definition) is 1. The molecule has 0 aromatic heterocycles. The van der Waals surface area contributed by atoms with E-state index in [0.717, 1.165) is 12.8 Å². The lowest BCUT2D eigenvalue weighted by molar-refractivity contribution is -0.298. The summed E-state index contributed by atoms with van der Waals surface area (Å²) in [6, 6.07) is 0. The Morgan fingerprint density at radius 3 is 2.77 bits per heavy atom. The van der Waals surface area contributed by atoms with Crippen molar-refractivity contribution in [3.8, 4) is 0 Å². The van der Waals surface area contributed by atoms with Crippen LogP contribution in [0.4, 0.5) is 0 Å². The Labute approximate surface area is 79.5 Å². The van der Waals surface area contributed by atoms with E-state index < -0.39 is 0 Å². The predicted octanol–water partition coefficient (Wildman–Crippen LogP) is 3.15. The van der Waals surface area contributed by atoms with E-state index in [9.17, 15) is 0 Å². The van der Waals surface area contributed by atoms with Crippen molar-refractivity contribution in [2.45, 2.75) is 51.6 Å². The summed E-state index contributed by atoms with van der Waals surface area (Å²) < 4.78 is 0. The average Bonchev–Trinajstić information content (AvgIpc) is 2.46. The van der Waals surface area contributed by atoms with Crippen molar-refractivity contribution in [3.05, 3.63) is 11.6 Å². The van der Waals surface area contributed by atoms with Gasteiger partial charge < -0.3 is 0 Å². The Balaban J connectivity index is 2.26. The molecular formula is C11H18O2. The molecule has 1 saturated carbocycles. The SMILES string of the molecule is CC1(C)/C2=C/CCCCCC21OO.